The molecule has 0 aliphatic rings. The van der Waals surface area contributed by atoms with E-state index in [1.807, 2.05) is 25.1 Å². The minimum absolute atomic E-state index is 0.134. The second kappa shape index (κ2) is 6.22. The first-order valence-corrected chi connectivity index (χ1v) is 7.54. The van der Waals surface area contributed by atoms with Gasteiger partial charge in [0.15, 0.2) is 5.69 Å². The van der Waals surface area contributed by atoms with E-state index in [1.54, 1.807) is 30.3 Å². The molecular formula is C17H14ClN3O2. The van der Waals surface area contributed by atoms with Crippen molar-refractivity contribution in [3.63, 3.8) is 0 Å². The number of fused-ring (bicyclic) bond motifs is 1. The van der Waals surface area contributed by atoms with Gasteiger partial charge in [-0.15, -0.1) is 0 Å². The van der Waals surface area contributed by atoms with Crippen molar-refractivity contribution < 1.29 is 4.79 Å². The summed E-state index contributed by atoms with van der Waals surface area (Å²) >= 11 is 5.90. The molecule has 0 fully saturated rings. The minimum Gasteiger partial charge on any atom is -0.320 e. The highest BCUT2D eigenvalue weighted by atomic mass is 35.5. The van der Waals surface area contributed by atoms with Gasteiger partial charge in [-0.05, 0) is 37.3 Å². The van der Waals surface area contributed by atoms with Crippen molar-refractivity contribution in [2.24, 2.45) is 0 Å². The molecule has 23 heavy (non-hydrogen) atoms. The normalized spacial score (nSPS) is 10.7. The van der Waals surface area contributed by atoms with E-state index >= 15 is 0 Å². The van der Waals surface area contributed by atoms with Gasteiger partial charge in [0, 0.05) is 17.3 Å². The average molecular weight is 328 g/mol. The van der Waals surface area contributed by atoms with Gasteiger partial charge < -0.3 is 9.88 Å². The number of para-hydroxylation sites is 2. The zero-order chi connectivity index (χ0) is 16.4. The molecule has 0 atom stereocenters. The van der Waals surface area contributed by atoms with Crippen LogP contribution in [-0.2, 0) is 6.54 Å². The number of carbonyl (C=O) groups is 1. The third kappa shape index (κ3) is 2.96. The number of amides is 1. The molecule has 0 aliphatic heterocycles. The number of aryl methyl sites for hydroxylation is 1. The zero-order valence-electron chi connectivity index (χ0n) is 12.4. The van der Waals surface area contributed by atoms with Gasteiger partial charge in [-0.25, -0.2) is 4.98 Å². The van der Waals surface area contributed by atoms with Crippen molar-refractivity contribution in [2.45, 2.75) is 13.5 Å². The molecule has 2 aromatic carbocycles. The summed E-state index contributed by atoms with van der Waals surface area (Å²) in [7, 11) is 0. The first-order valence-electron chi connectivity index (χ1n) is 7.16. The van der Waals surface area contributed by atoms with Crippen molar-refractivity contribution in [1.29, 1.82) is 0 Å². The van der Waals surface area contributed by atoms with Crippen LogP contribution in [0.1, 0.15) is 17.4 Å². The lowest BCUT2D eigenvalue weighted by atomic mass is 10.2. The van der Waals surface area contributed by atoms with Crippen molar-refractivity contribution >= 4 is 34.2 Å². The van der Waals surface area contributed by atoms with E-state index in [1.165, 1.54) is 4.57 Å². The fourth-order valence-electron chi connectivity index (χ4n) is 2.41. The number of anilines is 1. The van der Waals surface area contributed by atoms with Gasteiger partial charge in [-0.3, -0.25) is 9.59 Å². The van der Waals surface area contributed by atoms with Crippen molar-refractivity contribution in [3.8, 4) is 0 Å². The van der Waals surface area contributed by atoms with Gasteiger partial charge in [-0.2, -0.15) is 0 Å². The Balaban J connectivity index is 2.07. The molecular weight excluding hydrogens is 314 g/mol. The number of aromatic nitrogens is 2. The van der Waals surface area contributed by atoms with Crippen LogP contribution in [0.4, 0.5) is 5.69 Å². The summed E-state index contributed by atoms with van der Waals surface area (Å²) in [5, 5.41) is 3.16. The predicted octanol–water partition coefficient (Wildman–Crippen LogP) is 3.32. The molecule has 5 nitrogen and oxygen atoms in total. The molecule has 1 amide bonds. The summed E-state index contributed by atoms with van der Waals surface area (Å²) in [4.78, 5) is 29.2. The summed E-state index contributed by atoms with van der Waals surface area (Å²) in [6.45, 7) is 2.31. The number of nitrogens with zero attached hydrogens (tertiary/aromatic N) is 2. The van der Waals surface area contributed by atoms with E-state index in [9.17, 15) is 9.59 Å². The fraction of sp³-hybridized carbons (Fsp3) is 0.118. The lowest BCUT2D eigenvalue weighted by molar-refractivity contribution is 0.102. The largest absolute Gasteiger partial charge is 0.320 e. The van der Waals surface area contributed by atoms with Crippen LogP contribution >= 0.6 is 11.6 Å². The molecule has 0 spiro atoms. The summed E-state index contributed by atoms with van der Waals surface area (Å²) in [5.74, 6) is -0.551. The lowest BCUT2D eigenvalue weighted by Crippen LogP contribution is -2.30. The molecule has 0 saturated carbocycles. The molecule has 0 bridgehead atoms. The number of halogens is 1. The van der Waals surface area contributed by atoms with E-state index in [0.717, 1.165) is 0 Å². The van der Waals surface area contributed by atoms with Crippen molar-refractivity contribution in [2.75, 3.05) is 5.32 Å². The lowest BCUT2D eigenvalue weighted by Gasteiger charge is -2.10. The fourth-order valence-corrected chi connectivity index (χ4v) is 2.60. The Kier molecular flexibility index (Phi) is 4.12. The predicted molar refractivity (Wildman–Crippen MR) is 91.1 cm³/mol. The summed E-state index contributed by atoms with van der Waals surface area (Å²) in [6.07, 6.45) is 0. The average Bonchev–Trinajstić information content (AvgIpc) is 2.54. The molecule has 0 unspecified atom stereocenters. The van der Waals surface area contributed by atoms with Crippen molar-refractivity contribution in [1.82, 2.24) is 9.55 Å². The van der Waals surface area contributed by atoms with Gasteiger partial charge in [0.25, 0.3) is 11.5 Å². The molecule has 3 rings (SSSR count). The van der Waals surface area contributed by atoms with Crippen LogP contribution in [0.2, 0.25) is 5.02 Å². The quantitative estimate of drug-likeness (QED) is 0.802. The smallest absolute Gasteiger partial charge is 0.282 e. The summed E-state index contributed by atoms with van der Waals surface area (Å²) in [6, 6.07) is 14.0. The van der Waals surface area contributed by atoms with Crippen LogP contribution in [-0.4, -0.2) is 15.5 Å². The molecule has 1 N–H and O–H groups in total. The van der Waals surface area contributed by atoms with Gasteiger partial charge in [0.2, 0.25) is 0 Å². The van der Waals surface area contributed by atoms with Crippen LogP contribution in [0, 0.1) is 0 Å². The molecule has 0 aliphatic carbocycles. The molecule has 6 heteroatoms. The Morgan fingerprint density at radius 1 is 1.22 bits per heavy atom. The number of carbonyl (C=O) groups excluding carboxylic acids is 1. The van der Waals surface area contributed by atoms with Crippen LogP contribution in [0.5, 0.6) is 0 Å². The first-order chi connectivity index (χ1) is 11.1. The second-order valence-corrected chi connectivity index (χ2v) is 5.40. The Bertz CT molecular complexity index is 950. The maximum atomic E-state index is 12.5. The summed E-state index contributed by atoms with van der Waals surface area (Å²) in [5.41, 5.74) is 1.28. The molecule has 1 aromatic heterocycles. The van der Waals surface area contributed by atoms with Crippen LogP contribution in [0.3, 0.4) is 0 Å². The highest BCUT2D eigenvalue weighted by molar-refractivity contribution is 6.30. The molecule has 0 radical (unpaired) electrons. The van der Waals surface area contributed by atoms with Crippen LogP contribution < -0.4 is 10.9 Å². The number of hydrogen-bond donors (Lipinski definition) is 1. The van der Waals surface area contributed by atoms with E-state index in [4.69, 9.17) is 11.6 Å². The SMILES string of the molecule is CCn1c(=O)c(C(=O)Nc2cccc(Cl)c2)nc2ccccc21. The van der Waals surface area contributed by atoms with E-state index in [2.05, 4.69) is 10.3 Å². The van der Waals surface area contributed by atoms with Crippen LogP contribution in [0.15, 0.2) is 53.3 Å². The van der Waals surface area contributed by atoms with Crippen molar-refractivity contribution in [3.05, 3.63) is 69.6 Å². The second-order valence-electron chi connectivity index (χ2n) is 4.96. The Labute approximate surface area is 137 Å². The van der Waals surface area contributed by atoms with E-state index in [0.29, 0.717) is 28.3 Å². The maximum absolute atomic E-state index is 12.5. The maximum Gasteiger partial charge on any atom is 0.282 e. The van der Waals surface area contributed by atoms with Crippen LogP contribution in [0.25, 0.3) is 11.0 Å². The van der Waals surface area contributed by atoms with E-state index in [-0.39, 0.29) is 5.69 Å². The minimum atomic E-state index is -0.551. The topological polar surface area (TPSA) is 64.0 Å². The molecule has 116 valence electrons. The summed E-state index contributed by atoms with van der Waals surface area (Å²) < 4.78 is 1.54. The van der Waals surface area contributed by atoms with Gasteiger partial charge in [0.1, 0.15) is 0 Å². The standard InChI is InChI=1S/C17H14ClN3O2/c1-2-21-14-9-4-3-8-13(14)20-15(17(21)23)16(22)19-12-7-5-6-11(18)10-12/h3-10H,2H2,1H3,(H,19,22). The van der Waals surface area contributed by atoms with Gasteiger partial charge in [-0.1, -0.05) is 29.8 Å². The molecule has 1 heterocycles. The van der Waals surface area contributed by atoms with Gasteiger partial charge >= 0.3 is 0 Å². The molecule has 3 aromatic rings. The third-order valence-electron chi connectivity index (χ3n) is 3.47. The number of hydrogen-bond acceptors (Lipinski definition) is 3. The Hall–Kier alpha value is -2.66. The highest BCUT2D eigenvalue weighted by Crippen LogP contribution is 2.16. The monoisotopic (exact) mass is 327 g/mol. The first kappa shape index (κ1) is 15.2. The Morgan fingerprint density at radius 2 is 2.00 bits per heavy atom. The number of benzene rings is 2. The number of nitrogens with one attached hydrogen (secondary N) is 1. The number of rotatable bonds is 3. The van der Waals surface area contributed by atoms with E-state index < -0.39 is 11.5 Å². The zero-order valence-corrected chi connectivity index (χ0v) is 13.2. The van der Waals surface area contributed by atoms with Gasteiger partial charge in [0.05, 0.1) is 11.0 Å². The Morgan fingerprint density at radius 3 is 2.74 bits per heavy atom. The third-order valence-corrected chi connectivity index (χ3v) is 3.70. The highest BCUT2D eigenvalue weighted by Gasteiger charge is 2.17. The molecule has 0 saturated heterocycles.